The van der Waals surface area contributed by atoms with Gasteiger partial charge in [0.15, 0.2) is 0 Å². The fraction of sp³-hybridized carbons (Fsp3) is 1.00. The first kappa shape index (κ1) is 10.4. The second-order valence-corrected chi connectivity index (χ2v) is 5.38. The molecule has 0 radical (unpaired) electrons. The highest BCUT2D eigenvalue weighted by Crippen LogP contribution is 2.36. The molecule has 14 heavy (non-hydrogen) atoms. The highest BCUT2D eigenvalue weighted by Gasteiger charge is 2.36. The average Bonchev–Trinajstić information content (AvgIpc) is 2.07. The van der Waals surface area contributed by atoms with Crippen molar-refractivity contribution in [2.75, 3.05) is 6.54 Å². The van der Waals surface area contributed by atoms with Crippen molar-refractivity contribution in [1.29, 1.82) is 0 Å². The molecule has 3 N–H and O–H groups in total. The van der Waals surface area contributed by atoms with Crippen molar-refractivity contribution in [2.24, 2.45) is 5.73 Å². The summed E-state index contributed by atoms with van der Waals surface area (Å²) >= 11 is 0. The molecule has 0 unspecified atom stereocenters. The van der Waals surface area contributed by atoms with Gasteiger partial charge in [-0.2, -0.15) is 0 Å². The molecule has 0 spiro atoms. The van der Waals surface area contributed by atoms with Gasteiger partial charge in [0.05, 0.1) is 0 Å². The monoisotopic (exact) mass is 196 g/mol. The maximum atomic E-state index is 6.19. The number of nitrogens with one attached hydrogen (secondary N) is 1. The van der Waals surface area contributed by atoms with E-state index in [0.29, 0.717) is 5.54 Å². The maximum Gasteiger partial charge on any atom is 0.0178 e. The first-order chi connectivity index (χ1) is 6.68. The van der Waals surface area contributed by atoms with E-state index in [0.717, 1.165) is 6.54 Å². The molecule has 0 aliphatic heterocycles. The molecule has 2 fully saturated rings. The van der Waals surface area contributed by atoms with E-state index in [4.69, 9.17) is 5.73 Å². The minimum Gasteiger partial charge on any atom is -0.325 e. The lowest BCUT2D eigenvalue weighted by molar-refractivity contribution is 0.159. The Balaban J connectivity index is 1.66. The van der Waals surface area contributed by atoms with Gasteiger partial charge >= 0.3 is 0 Å². The van der Waals surface area contributed by atoms with E-state index in [-0.39, 0.29) is 5.54 Å². The van der Waals surface area contributed by atoms with Crippen LogP contribution in [0.15, 0.2) is 0 Å². The van der Waals surface area contributed by atoms with Crippen molar-refractivity contribution >= 4 is 0 Å². The number of hydrogen-bond acceptors (Lipinski definition) is 2. The largest absolute Gasteiger partial charge is 0.325 e. The third-order valence-electron chi connectivity index (χ3n) is 4.46. The Bertz CT molecular complexity index is 187. The maximum absolute atomic E-state index is 6.19. The van der Waals surface area contributed by atoms with Crippen LogP contribution < -0.4 is 11.1 Å². The van der Waals surface area contributed by atoms with E-state index in [1.54, 1.807) is 0 Å². The number of rotatable bonds is 5. The van der Waals surface area contributed by atoms with Crippen LogP contribution in [0.1, 0.15) is 58.3 Å². The van der Waals surface area contributed by atoms with E-state index in [1.807, 2.05) is 0 Å². The normalized spacial score (nSPS) is 27.9. The van der Waals surface area contributed by atoms with Crippen molar-refractivity contribution in [3.63, 3.8) is 0 Å². The molecule has 2 aliphatic rings. The summed E-state index contributed by atoms with van der Waals surface area (Å²) in [6.45, 7) is 3.43. The smallest absolute Gasteiger partial charge is 0.0178 e. The molecule has 2 saturated carbocycles. The molecule has 0 amide bonds. The highest BCUT2D eigenvalue weighted by molar-refractivity contribution is 4.97. The van der Waals surface area contributed by atoms with Crippen LogP contribution in [-0.2, 0) is 0 Å². The van der Waals surface area contributed by atoms with Gasteiger partial charge in [-0.15, -0.1) is 0 Å². The second-order valence-electron chi connectivity index (χ2n) is 5.38. The summed E-state index contributed by atoms with van der Waals surface area (Å²) in [7, 11) is 0. The molecule has 2 nitrogen and oxygen atoms in total. The van der Waals surface area contributed by atoms with Crippen LogP contribution in [-0.4, -0.2) is 17.6 Å². The third-order valence-corrected chi connectivity index (χ3v) is 4.46. The van der Waals surface area contributed by atoms with Gasteiger partial charge in [0.25, 0.3) is 0 Å². The summed E-state index contributed by atoms with van der Waals surface area (Å²) in [6, 6.07) is 0. The Morgan fingerprint density at radius 1 is 1.14 bits per heavy atom. The van der Waals surface area contributed by atoms with Gasteiger partial charge in [-0.25, -0.2) is 0 Å². The van der Waals surface area contributed by atoms with Gasteiger partial charge in [0.1, 0.15) is 0 Å². The van der Waals surface area contributed by atoms with Crippen molar-refractivity contribution in [2.45, 2.75) is 69.4 Å². The van der Waals surface area contributed by atoms with Crippen LogP contribution in [0, 0.1) is 0 Å². The minimum atomic E-state index is 0.200. The van der Waals surface area contributed by atoms with Crippen LogP contribution in [0.25, 0.3) is 0 Å². The lowest BCUT2D eigenvalue weighted by Crippen LogP contribution is -2.54. The summed E-state index contributed by atoms with van der Waals surface area (Å²) in [6.07, 6.45) is 10.5. The van der Waals surface area contributed by atoms with Gasteiger partial charge in [0.2, 0.25) is 0 Å². The first-order valence-electron chi connectivity index (χ1n) is 6.22. The van der Waals surface area contributed by atoms with Crippen molar-refractivity contribution < 1.29 is 0 Å². The molecule has 82 valence electrons. The fourth-order valence-electron chi connectivity index (χ4n) is 2.72. The zero-order valence-corrected chi connectivity index (χ0v) is 9.44. The molecule has 2 heteroatoms. The molecular formula is C12H24N2. The molecule has 0 atom stereocenters. The van der Waals surface area contributed by atoms with E-state index >= 15 is 0 Å². The van der Waals surface area contributed by atoms with E-state index < -0.39 is 0 Å². The predicted molar refractivity (Wildman–Crippen MR) is 60.3 cm³/mol. The quantitative estimate of drug-likeness (QED) is 0.707. The molecule has 2 rings (SSSR count). The summed E-state index contributed by atoms with van der Waals surface area (Å²) in [5, 5.41) is 3.73. The molecule has 0 aromatic carbocycles. The zero-order valence-electron chi connectivity index (χ0n) is 9.44. The van der Waals surface area contributed by atoms with Crippen LogP contribution in [0.4, 0.5) is 0 Å². The first-order valence-corrected chi connectivity index (χ1v) is 6.22. The van der Waals surface area contributed by atoms with E-state index in [1.165, 1.54) is 51.4 Å². The molecule has 0 saturated heterocycles. The minimum absolute atomic E-state index is 0.200. The van der Waals surface area contributed by atoms with Gasteiger partial charge in [-0.1, -0.05) is 6.92 Å². The Morgan fingerprint density at radius 3 is 2.14 bits per heavy atom. The average molecular weight is 196 g/mol. The fourth-order valence-corrected chi connectivity index (χ4v) is 2.72. The molecule has 0 aromatic rings. The topological polar surface area (TPSA) is 38.0 Å². The van der Waals surface area contributed by atoms with E-state index in [2.05, 4.69) is 12.2 Å². The Kier molecular flexibility index (Phi) is 2.85. The van der Waals surface area contributed by atoms with Crippen LogP contribution in [0.3, 0.4) is 0 Å². The van der Waals surface area contributed by atoms with Gasteiger partial charge in [-0.05, 0) is 57.9 Å². The van der Waals surface area contributed by atoms with Crippen molar-refractivity contribution in [1.82, 2.24) is 5.32 Å². The highest BCUT2D eigenvalue weighted by atomic mass is 15.0. The zero-order chi connectivity index (χ0) is 10.1. The van der Waals surface area contributed by atoms with E-state index in [9.17, 15) is 0 Å². The van der Waals surface area contributed by atoms with Crippen molar-refractivity contribution in [3.05, 3.63) is 0 Å². The van der Waals surface area contributed by atoms with Gasteiger partial charge in [-0.3, -0.25) is 0 Å². The standard InChI is InChI=1S/C12H24N2/c1-2-12(7-4-8-12)14-10-9-11(13)5-3-6-11/h14H,2-10,13H2,1H3. The Morgan fingerprint density at radius 2 is 1.79 bits per heavy atom. The Labute approximate surface area is 87.6 Å². The van der Waals surface area contributed by atoms with Crippen LogP contribution >= 0.6 is 0 Å². The van der Waals surface area contributed by atoms with Crippen LogP contribution in [0.5, 0.6) is 0 Å². The molecule has 0 bridgehead atoms. The van der Waals surface area contributed by atoms with Crippen molar-refractivity contribution in [3.8, 4) is 0 Å². The second kappa shape index (κ2) is 3.82. The molecule has 0 aromatic heterocycles. The summed E-state index contributed by atoms with van der Waals surface area (Å²) in [4.78, 5) is 0. The molecule has 0 heterocycles. The van der Waals surface area contributed by atoms with Crippen LogP contribution in [0.2, 0.25) is 0 Å². The lowest BCUT2D eigenvalue weighted by atomic mass is 9.73. The molecular weight excluding hydrogens is 172 g/mol. The number of hydrogen-bond donors (Lipinski definition) is 2. The lowest BCUT2D eigenvalue weighted by Gasteiger charge is -2.44. The van der Waals surface area contributed by atoms with Gasteiger partial charge in [0, 0.05) is 11.1 Å². The Hall–Kier alpha value is -0.0800. The summed E-state index contributed by atoms with van der Waals surface area (Å²) < 4.78 is 0. The summed E-state index contributed by atoms with van der Waals surface area (Å²) in [5.41, 5.74) is 6.89. The number of nitrogens with two attached hydrogens (primary N) is 1. The predicted octanol–water partition coefficient (Wildman–Crippen LogP) is 2.18. The summed E-state index contributed by atoms with van der Waals surface area (Å²) in [5.74, 6) is 0. The molecule has 2 aliphatic carbocycles. The SMILES string of the molecule is CCC1(NCCC2(N)CCC2)CCC1. The third kappa shape index (κ3) is 1.96. The van der Waals surface area contributed by atoms with Gasteiger partial charge < -0.3 is 11.1 Å².